The molecule has 2 aromatic carbocycles. The molecule has 0 unspecified atom stereocenters. The number of H-pyrrole nitrogens is 1. The number of benzene rings is 2. The van der Waals surface area contributed by atoms with Gasteiger partial charge >= 0.3 is 0 Å². The van der Waals surface area contributed by atoms with E-state index in [-0.39, 0.29) is 41.5 Å². The predicted molar refractivity (Wildman–Crippen MR) is 172 cm³/mol. The molecule has 0 amide bonds. The Labute approximate surface area is 284 Å². The lowest BCUT2D eigenvalue weighted by molar-refractivity contribution is 0.421. The number of aromatic amines is 1. The van der Waals surface area contributed by atoms with Gasteiger partial charge in [0.05, 0.1) is 30.7 Å². The molecule has 0 aliphatic carbocycles. The van der Waals surface area contributed by atoms with Gasteiger partial charge in [-0.15, -0.1) is 10.2 Å². The average molecular weight is 695 g/mol. The van der Waals surface area contributed by atoms with Gasteiger partial charge in [0.25, 0.3) is 5.56 Å². The molecule has 0 bridgehead atoms. The first-order valence-corrected chi connectivity index (χ1v) is 15.0. The van der Waals surface area contributed by atoms with Crippen LogP contribution in [-0.4, -0.2) is 60.2 Å². The topological polar surface area (TPSA) is 185 Å². The summed E-state index contributed by atoms with van der Waals surface area (Å²) in [5.41, 5.74) is 3.72. The Morgan fingerprint density at radius 3 is 1.80 bits per heavy atom. The van der Waals surface area contributed by atoms with Gasteiger partial charge in [-0.25, -0.2) is 13.8 Å². The summed E-state index contributed by atoms with van der Waals surface area (Å²) in [6.07, 6.45) is 5.28. The highest BCUT2D eigenvalue weighted by Gasteiger charge is 2.18. The van der Waals surface area contributed by atoms with Crippen LogP contribution < -0.4 is 5.56 Å². The van der Waals surface area contributed by atoms with Crippen molar-refractivity contribution in [2.45, 2.75) is 13.1 Å². The number of hydrogen-bond acceptors (Lipinski definition) is 12. The van der Waals surface area contributed by atoms with Gasteiger partial charge < -0.3 is 14.0 Å². The minimum absolute atomic E-state index is 0.180. The first kappa shape index (κ1) is 31.8. The normalized spacial score (nSPS) is 10.9. The zero-order valence-electron chi connectivity index (χ0n) is 25.4. The molecule has 6 aromatic heterocycles. The molecule has 8 aromatic rings. The minimum atomic E-state index is -0.392. The SMILES string of the molecule is Fc1ccccc1Cn1nc(-c2nncc(Cl)n2)cc1-c1ccon1.O=c1cnnc(-c2cc(-c3ccon3)n(Cc3ccccc3F)n2)[nH]1. The van der Waals surface area contributed by atoms with E-state index in [0.717, 1.165) is 6.20 Å². The van der Waals surface area contributed by atoms with Crippen LogP contribution in [0.25, 0.3) is 45.8 Å². The van der Waals surface area contributed by atoms with E-state index in [9.17, 15) is 13.6 Å². The maximum atomic E-state index is 14.0. The van der Waals surface area contributed by atoms with E-state index in [1.807, 2.05) is 0 Å². The lowest BCUT2D eigenvalue weighted by atomic mass is 10.2. The van der Waals surface area contributed by atoms with E-state index in [1.165, 1.54) is 30.9 Å². The number of nitrogens with zero attached hydrogens (tertiary/aromatic N) is 11. The second-order valence-corrected chi connectivity index (χ2v) is 10.8. The van der Waals surface area contributed by atoms with Crippen LogP contribution in [0.4, 0.5) is 8.78 Å². The first-order chi connectivity index (χ1) is 24.4. The molecule has 18 heteroatoms. The van der Waals surface area contributed by atoms with Crippen molar-refractivity contribution >= 4 is 11.6 Å². The molecule has 0 saturated heterocycles. The van der Waals surface area contributed by atoms with Crippen molar-refractivity contribution in [3.8, 4) is 45.8 Å². The molecule has 1 N–H and O–H groups in total. The Kier molecular flexibility index (Phi) is 9.01. The molecule has 0 fully saturated rings. The van der Waals surface area contributed by atoms with Crippen LogP contribution in [0.2, 0.25) is 5.15 Å². The summed E-state index contributed by atoms with van der Waals surface area (Å²) in [7, 11) is 0. The highest BCUT2D eigenvalue weighted by Crippen LogP contribution is 2.26. The van der Waals surface area contributed by atoms with Gasteiger partial charge in [0.2, 0.25) is 5.82 Å². The van der Waals surface area contributed by atoms with Gasteiger partial charge in [-0.05, 0) is 24.3 Å². The minimum Gasteiger partial charge on any atom is -0.364 e. The van der Waals surface area contributed by atoms with Crippen molar-refractivity contribution in [3.05, 3.63) is 136 Å². The highest BCUT2D eigenvalue weighted by atomic mass is 35.5. The van der Waals surface area contributed by atoms with Gasteiger partial charge in [0.1, 0.15) is 53.1 Å². The Morgan fingerprint density at radius 2 is 1.26 bits per heavy atom. The maximum absolute atomic E-state index is 14.0. The van der Waals surface area contributed by atoms with Crippen molar-refractivity contribution in [1.82, 2.24) is 60.2 Å². The molecular formula is C32H21ClF2N12O3. The van der Waals surface area contributed by atoms with Crippen LogP contribution in [0, 0.1) is 11.6 Å². The predicted octanol–water partition coefficient (Wildman–Crippen LogP) is 5.10. The van der Waals surface area contributed by atoms with E-state index in [0.29, 0.717) is 45.3 Å². The number of rotatable bonds is 8. The van der Waals surface area contributed by atoms with Crippen LogP contribution in [-0.2, 0) is 13.1 Å². The summed E-state index contributed by atoms with van der Waals surface area (Å²) >= 11 is 5.87. The zero-order chi connectivity index (χ0) is 34.5. The van der Waals surface area contributed by atoms with Crippen LogP contribution >= 0.6 is 11.6 Å². The van der Waals surface area contributed by atoms with E-state index < -0.39 is 5.56 Å². The summed E-state index contributed by atoms with van der Waals surface area (Å²) in [6, 6.07) is 19.7. The number of halogens is 3. The van der Waals surface area contributed by atoms with Gasteiger partial charge in [-0.1, -0.05) is 58.3 Å². The summed E-state index contributed by atoms with van der Waals surface area (Å²) in [5.74, 6) is -0.168. The second kappa shape index (κ2) is 14.2. The Bertz CT molecular complexity index is 2430. The number of hydrogen-bond donors (Lipinski definition) is 1. The molecule has 0 radical (unpaired) electrons. The third-order valence-corrected chi connectivity index (χ3v) is 7.27. The van der Waals surface area contributed by atoms with Gasteiger partial charge in [-0.3, -0.25) is 14.2 Å². The summed E-state index contributed by atoms with van der Waals surface area (Å²) in [6.45, 7) is 0.391. The smallest absolute Gasteiger partial charge is 0.269 e. The van der Waals surface area contributed by atoms with Gasteiger partial charge in [0, 0.05) is 23.3 Å². The molecule has 0 aliphatic rings. The summed E-state index contributed by atoms with van der Waals surface area (Å²) in [4.78, 5) is 18.1. The van der Waals surface area contributed by atoms with Gasteiger partial charge in [-0.2, -0.15) is 20.4 Å². The van der Waals surface area contributed by atoms with Crippen molar-refractivity contribution in [2.24, 2.45) is 0 Å². The Hall–Kier alpha value is -6.75. The fourth-order valence-corrected chi connectivity index (χ4v) is 4.92. The molecule has 248 valence electrons. The van der Waals surface area contributed by atoms with Crippen LogP contribution in [0.1, 0.15) is 11.1 Å². The molecule has 6 heterocycles. The van der Waals surface area contributed by atoms with Gasteiger partial charge in [0.15, 0.2) is 11.0 Å². The van der Waals surface area contributed by atoms with E-state index in [1.54, 1.807) is 70.0 Å². The monoisotopic (exact) mass is 694 g/mol. The van der Waals surface area contributed by atoms with Crippen molar-refractivity contribution in [1.29, 1.82) is 0 Å². The molecular weight excluding hydrogens is 674 g/mol. The molecule has 0 atom stereocenters. The average Bonchev–Trinajstić information content (AvgIpc) is 3.95. The van der Waals surface area contributed by atoms with E-state index in [4.69, 9.17) is 20.6 Å². The fraction of sp³-hybridized carbons (Fsp3) is 0.0625. The lowest BCUT2D eigenvalue weighted by Crippen LogP contribution is -2.09. The zero-order valence-corrected chi connectivity index (χ0v) is 26.2. The van der Waals surface area contributed by atoms with E-state index in [2.05, 4.69) is 50.9 Å². The largest absolute Gasteiger partial charge is 0.364 e. The third-order valence-electron chi connectivity index (χ3n) is 7.09. The third kappa shape index (κ3) is 7.07. The quantitative estimate of drug-likeness (QED) is 0.222. The van der Waals surface area contributed by atoms with Crippen molar-refractivity contribution in [3.63, 3.8) is 0 Å². The molecule has 50 heavy (non-hydrogen) atoms. The Morgan fingerprint density at radius 1 is 0.700 bits per heavy atom. The highest BCUT2D eigenvalue weighted by molar-refractivity contribution is 6.29. The molecule has 0 aliphatic heterocycles. The first-order valence-electron chi connectivity index (χ1n) is 14.6. The lowest BCUT2D eigenvalue weighted by Gasteiger charge is -2.06. The van der Waals surface area contributed by atoms with E-state index >= 15 is 0 Å². The van der Waals surface area contributed by atoms with Crippen molar-refractivity contribution < 1.29 is 17.8 Å². The van der Waals surface area contributed by atoms with Crippen LogP contribution in [0.3, 0.4) is 0 Å². The Balaban J connectivity index is 0.000000157. The molecule has 0 spiro atoms. The van der Waals surface area contributed by atoms with Crippen molar-refractivity contribution in [2.75, 3.05) is 0 Å². The number of aromatic nitrogens is 12. The second-order valence-electron chi connectivity index (χ2n) is 10.4. The summed E-state index contributed by atoms with van der Waals surface area (Å²) < 4.78 is 40.9. The molecule has 8 rings (SSSR count). The molecule has 15 nitrogen and oxygen atoms in total. The summed E-state index contributed by atoms with van der Waals surface area (Å²) in [5, 5.41) is 32.1. The maximum Gasteiger partial charge on any atom is 0.269 e. The molecule has 0 saturated carbocycles. The standard InChI is InChI=1S/C16H10ClFN6O.C16H11FN6O2/c17-15-8-19-21-16(20-15)13-7-14(12-5-6-25-23-12)24(22-13)9-10-3-1-2-4-11(10)18;17-11-4-2-1-3-10(11)9-23-14(12-5-6-25-22-12)7-13(21-23)16-19-15(24)8-18-20-16/h1-8H,9H2;1-8H,9H2,(H,19,20,24). The fourth-order valence-electron chi connectivity index (χ4n) is 4.80. The van der Waals surface area contributed by atoms with Crippen LogP contribution in [0.5, 0.6) is 0 Å². The number of nitrogens with one attached hydrogen (secondary N) is 1. The van der Waals surface area contributed by atoms with Crippen LogP contribution in [0.15, 0.2) is 112 Å².